The van der Waals surface area contributed by atoms with Crippen LogP contribution in [-0.2, 0) is 0 Å². The van der Waals surface area contributed by atoms with Crippen LogP contribution in [-0.4, -0.2) is 17.4 Å². The highest BCUT2D eigenvalue weighted by Crippen LogP contribution is 2.32. The van der Waals surface area contributed by atoms with Crippen molar-refractivity contribution in [2.75, 3.05) is 0 Å². The maximum absolute atomic E-state index is 12.1. The number of hydrogen-bond donors (Lipinski definition) is 1. The van der Waals surface area contributed by atoms with Crippen molar-refractivity contribution in [2.45, 2.75) is 38.0 Å². The molecule has 0 bridgehead atoms. The Kier molecular flexibility index (Phi) is 2.77. The van der Waals surface area contributed by atoms with Gasteiger partial charge in [0, 0.05) is 5.57 Å². The molecule has 0 saturated carbocycles. The molecule has 0 spiro atoms. The molecule has 1 nitrogen and oxygen atoms in total. The zero-order chi connectivity index (χ0) is 9.19. The Morgan fingerprint density at radius 1 is 1.33 bits per heavy atom. The van der Waals surface area contributed by atoms with Gasteiger partial charge in [0.2, 0.25) is 0 Å². The van der Waals surface area contributed by atoms with E-state index in [0.717, 1.165) is 6.08 Å². The molecule has 0 aromatic carbocycles. The Morgan fingerprint density at radius 3 is 2.58 bits per heavy atom. The summed E-state index contributed by atoms with van der Waals surface area (Å²) in [6.45, 7) is 0. The fourth-order valence-corrected chi connectivity index (χ4v) is 1.30. The molecule has 0 saturated heterocycles. The minimum Gasteiger partial charge on any atom is -0.389 e. The highest BCUT2D eigenvalue weighted by molar-refractivity contribution is 5.12. The molecule has 0 heterocycles. The van der Waals surface area contributed by atoms with Crippen LogP contribution >= 0.6 is 0 Å². The second-order valence-electron chi connectivity index (χ2n) is 3.00. The van der Waals surface area contributed by atoms with Gasteiger partial charge in [-0.05, 0) is 25.3 Å². The van der Waals surface area contributed by atoms with Crippen molar-refractivity contribution < 1.29 is 18.3 Å². The predicted molar refractivity (Wildman–Crippen MR) is 38.6 cm³/mol. The van der Waals surface area contributed by atoms with Crippen LogP contribution in [0.4, 0.5) is 13.2 Å². The Hall–Kier alpha value is -0.510. The quantitative estimate of drug-likeness (QED) is 0.567. The van der Waals surface area contributed by atoms with Crippen LogP contribution in [0.2, 0.25) is 0 Å². The second-order valence-corrected chi connectivity index (χ2v) is 3.00. The average molecular weight is 180 g/mol. The molecule has 0 amide bonds. The Bertz CT molecular complexity index is 183. The smallest absolute Gasteiger partial charge is 0.389 e. The predicted octanol–water partition coefficient (Wildman–Crippen LogP) is 2.41. The Morgan fingerprint density at radius 2 is 2.00 bits per heavy atom. The number of rotatable bonds is 0. The van der Waals surface area contributed by atoms with Crippen molar-refractivity contribution in [3.05, 3.63) is 11.6 Å². The van der Waals surface area contributed by atoms with Gasteiger partial charge in [0.25, 0.3) is 0 Å². The van der Waals surface area contributed by atoms with Crippen LogP contribution in [0.3, 0.4) is 0 Å². The summed E-state index contributed by atoms with van der Waals surface area (Å²) >= 11 is 0. The first-order chi connectivity index (χ1) is 5.50. The van der Waals surface area contributed by atoms with Gasteiger partial charge >= 0.3 is 6.18 Å². The monoisotopic (exact) mass is 180 g/mol. The zero-order valence-electron chi connectivity index (χ0n) is 6.56. The molecule has 0 unspecified atom stereocenters. The topological polar surface area (TPSA) is 20.2 Å². The third kappa shape index (κ3) is 2.52. The van der Waals surface area contributed by atoms with Crippen molar-refractivity contribution >= 4 is 0 Å². The summed E-state index contributed by atoms with van der Waals surface area (Å²) in [7, 11) is 0. The summed E-state index contributed by atoms with van der Waals surface area (Å²) in [4.78, 5) is 0. The van der Waals surface area contributed by atoms with E-state index in [1.165, 1.54) is 0 Å². The van der Waals surface area contributed by atoms with Crippen LogP contribution in [0.5, 0.6) is 0 Å². The number of aliphatic hydroxyl groups excluding tert-OH is 1. The molecule has 0 fully saturated rings. The van der Waals surface area contributed by atoms with Gasteiger partial charge in [-0.2, -0.15) is 13.2 Å². The first-order valence-corrected chi connectivity index (χ1v) is 3.96. The lowest BCUT2D eigenvalue weighted by Gasteiger charge is -2.09. The largest absolute Gasteiger partial charge is 0.412 e. The molecular weight excluding hydrogens is 169 g/mol. The van der Waals surface area contributed by atoms with Crippen LogP contribution in [0.25, 0.3) is 0 Å². The number of allylic oxidation sites excluding steroid dienone is 1. The minimum atomic E-state index is -4.26. The fraction of sp³-hybridized carbons (Fsp3) is 0.750. The van der Waals surface area contributed by atoms with Crippen LogP contribution < -0.4 is 0 Å². The summed E-state index contributed by atoms with van der Waals surface area (Å²) < 4.78 is 36.3. The molecule has 0 radical (unpaired) electrons. The molecule has 1 atom stereocenters. The molecule has 0 aliphatic heterocycles. The third-order valence-electron chi connectivity index (χ3n) is 1.95. The van der Waals surface area contributed by atoms with E-state index in [4.69, 9.17) is 5.11 Å². The number of alkyl halides is 3. The highest BCUT2D eigenvalue weighted by atomic mass is 19.4. The van der Waals surface area contributed by atoms with Gasteiger partial charge in [0.15, 0.2) is 0 Å². The molecular formula is C8H11F3O. The number of hydrogen-bond acceptors (Lipinski definition) is 1. The molecule has 1 aliphatic carbocycles. The van der Waals surface area contributed by atoms with E-state index >= 15 is 0 Å². The molecule has 12 heavy (non-hydrogen) atoms. The van der Waals surface area contributed by atoms with Crippen molar-refractivity contribution in [1.29, 1.82) is 0 Å². The first kappa shape index (κ1) is 9.58. The fourth-order valence-electron chi connectivity index (χ4n) is 1.30. The van der Waals surface area contributed by atoms with Gasteiger partial charge in [-0.25, -0.2) is 0 Å². The van der Waals surface area contributed by atoms with Crippen LogP contribution in [0.15, 0.2) is 11.6 Å². The molecule has 4 heteroatoms. The van der Waals surface area contributed by atoms with Crippen LogP contribution in [0.1, 0.15) is 25.7 Å². The van der Waals surface area contributed by atoms with E-state index in [-0.39, 0.29) is 6.42 Å². The Balaban J connectivity index is 2.73. The van der Waals surface area contributed by atoms with E-state index in [1.54, 1.807) is 0 Å². The maximum atomic E-state index is 12.1. The number of aliphatic hydroxyl groups is 1. The molecule has 1 rings (SSSR count). The summed E-state index contributed by atoms with van der Waals surface area (Å²) in [5, 5.41) is 9.05. The summed E-state index contributed by atoms with van der Waals surface area (Å²) in [5.74, 6) is 0. The van der Waals surface area contributed by atoms with Gasteiger partial charge in [-0.1, -0.05) is 6.42 Å². The van der Waals surface area contributed by atoms with Crippen molar-refractivity contribution in [2.24, 2.45) is 0 Å². The lowest BCUT2D eigenvalue weighted by molar-refractivity contribution is -0.0946. The van der Waals surface area contributed by atoms with Crippen molar-refractivity contribution in [3.63, 3.8) is 0 Å². The highest BCUT2D eigenvalue weighted by Gasteiger charge is 2.34. The van der Waals surface area contributed by atoms with Gasteiger partial charge in [-0.15, -0.1) is 0 Å². The van der Waals surface area contributed by atoms with Gasteiger partial charge in [-0.3, -0.25) is 0 Å². The van der Waals surface area contributed by atoms with Gasteiger partial charge in [0.1, 0.15) is 0 Å². The van der Waals surface area contributed by atoms with E-state index in [1.807, 2.05) is 0 Å². The number of halogens is 3. The molecule has 1 N–H and O–H groups in total. The summed E-state index contributed by atoms with van der Waals surface area (Å²) in [6, 6.07) is 0. The van der Waals surface area contributed by atoms with E-state index in [9.17, 15) is 13.2 Å². The molecule has 70 valence electrons. The normalized spacial score (nSPS) is 26.3. The van der Waals surface area contributed by atoms with Crippen molar-refractivity contribution in [1.82, 2.24) is 0 Å². The maximum Gasteiger partial charge on any atom is 0.412 e. The summed E-state index contributed by atoms with van der Waals surface area (Å²) in [6.07, 6.45) is -2.57. The van der Waals surface area contributed by atoms with Crippen molar-refractivity contribution in [3.8, 4) is 0 Å². The SMILES string of the molecule is O[C@H]1C=C(C(F)(F)F)CCCC1. The lowest BCUT2D eigenvalue weighted by atomic mass is 10.1. The van der Waals surface area contributed by atoms with E-state index in [0.29, 0.717) is 19.3 Å². The molecule has 0 aromatic heterocycles. The van der Waals surface area contributed by atoms with Gasteiger partial charge in [0.05, 0.1) is 6.10 Å². The standard InChI is InChI=1S/C8H11F3O/c9-8(10,11)6-3-1-2-4-7(12)5-6/h5,7,12H,1-4H2/t7-/m1/s1. The second kappa shape index (κ2) is 3.47. The third-order valence-corrected chi connectivity index (χ3v) is 1.95. The summed E-state index contributed by atoms with van der Waals surface area (Å²) in [5.41, 5.74) is -0.576. The lowest BCUT2D eigenvalue weighted by Crippen LogP contribution is -2.13. The molecule has 0 aromatic rings. The average Bonchev–Trinajstić information content (AvgIpc) is 2.11. The Labute approximate surface area is 68.9 Å². The minimum absolute atomic E-state index is 0.0422. The van der Waals surface area contributed by atoms with E-state index < -0.39 is 17.9 Å². The molecule has 1 aliphatic rings. The van der Waals surface area contributed by atoms with E-state index in [2.05, 4.69) is 0 Å². The first-order valence-electron chi connectivity index (χ1n) is 3.96. The van der Waals surface area contributed by atoms with Crippen LogP contribution in [0, 0.1) is 0 Å². The zero-order valence-corrected chi connectivity index (χ0v) is 6.56. The van der Waals surface area contributed by atoms with Gasteiger partial charge < -0.3 is 5.11 Å².